The zero-order chi connectivity index (χ0) is 14.9. The van der Waals surface area contributed by atoms with E-state index in [1.807, 2.05) is 0 Å². The maximum atomic E-state index is 13.7. The molecule has 3 nitrogen and oxygen atoms in total. The molecule has 1 aromatic carbocycles. The molecule has 1 aromatic rings. The molecule has 3 N–H and O–H groups in total. The number of hydrogen-bond acceptors (Lipinski definition) is 2. The first kappa shape index (κ1) is 15.5. The molecule has 1 atom stereocenters. The Morgan fingerprint density at radius 1 is 1.35 bits per heavy atom. The van der Waals surface area contributed by atoms with E-state index in [9.17, 15) is 9.18 Å². The molecule has 6 heteroatoms. The predicted molar refractivity (Wildman–Crippen MR) is 78.4 cm³/mol. The topological polar surface area (TPSA) is 55.1 Å². The second-order valence-corrected chi connectivity index (χ2v) is 6.18. The Morgan fingerprint density at radius 3 is 2.50 bits per heavy atom. The van der Waals surface area contributed by atoms with Gasteiger partial charge in [-0.05, 0) is 31.9 Å². The Balaban J connectivity index is 2.41. The van der Waals surface area contributed by atoms with Gasteiger partial charge in [0.25, 0.3) is 0 Å². The molecule has 0 aliphatic heterocycles. The van der Waals surface area contributed by atoms with Crippen molar-refractivity contribution in [3.63, 3.8) is 0 Å². The van der Waals surface area contributed by atoms with Crippen molar-refractivity contribution in [2.45, 2.75) is 44.2 Å². The van der Waals surface area contributed by atoms with Gasteiger partial charge in [0.2, 0.25) is 5.91 Å². The van der Waals surface area contributed by atoms with E-state index in [-0.39, 0.29) is 16.1 Å². The summed E-state index contributed by atoms with van der Waals surface area (Å²) in [5.74, 6) is -1.21. The Bertz CT molecular complexity index is 532. The van der Waals surface area contributed by atoms with Crippen LogP contribution in [0.2, 0.25) is 10.0 Å². The lowest BCUT2D eigenvalue weighted by molar-refractivity contribution is -0.124. The van der Waals surface area contributed by atoms with Crippen molar-refractivity contribution in [1.82, 2.24) is 5.32 Å². The number of benzene rings is 1. The summed E-state index contributed by atoms with van der Waals surface area (Å²) in [4.78, 5) is 11.9. The van der Waals surface area contributed by atoms with E-state index in [1.165, 1.54) is 12.1 Å². The molecule has 1 saturated carbocycles. The van der Waals surface area contributed by atoms with Gasteiger partial charge >= 0.3 is 0 Å². The van der Waals surface area contributed by atoms with Gasteiger partial charge in [-0.3, -0.25) is 10.1 Å². The lowest BCUT2D eigenvalue weighted by Crippen LogP contribution is -2.53. The van der Waals surface area contributed by atoms with Crippen molar-refractivity contribution < 1.29 is 9.18 Å². The Morgan fingerprint density at radius 2 is 1.95 bits per heavy atom. The number of hydrogen-bond donors (Lipinski definition) is 2. The van der Waals surface area contributed by atoms with E-state index in [2.05, 4.69) is 5.32 Å². The highest BCUT2D eigenvalue weighted by molar-refractivity contribution is 6.35. The van der Waals surface area contributed by atoms with Crippen LogP contribution in [0, 0.1) is 5.82 Å². The summed E-state index contributed by atoms with van der Waals surface area (Å²) in [5.41, 5.74) is 4.63. The Labute approximate surface area is 127 Å². The normalized spacial score (nSPS) is 19.0. The summed E-state index contributed by atoms with van der Waals surface area (Å²) >= 11 is 11.8. The van der Waals surface area contributed by atoms with Crippen molar-refractivity contribution in [3.05, 3.63) is 33.6 Å². The van der Waals surface area contributed by atoms with Crippen molar-refractivity contribution in [3.8, 4) is 0 Å². The standard InChI is InChI=1S/C14H17Cl2FN2O/c1-14(13(18)20,19-8-4-2-3-5-8)9-6-12(17)11(16)7-10(9)15/h6-8,19H,2-5H2,1H3,(H2,18,20). The third-order valence-electron chi connectivity index (χ3n) is 3.89. The second-order valence-electron chi connectivity index (χ2n) is 5.36. The molecule has 0 spiro atoms. The van der Waals surface area contributed by atoms with Crippen LogP contribution in [0.15, 0.2) is 12.1 Å². The predicted octanol–water partition coefficient (Wildman–Crippen LogP) is 3.37. The molecule has 0 radical (unpaired) electrons. The van der Waals surface area contributed by atoms with Crippen molar-refractivity contribution in [1.29, 1.82) is 0 Å². The van der Waals surface area contributed by atoms with Crippen LogP contribution in [0.4, 0.5) is 4.39 Å². The number of halogens is 3. The number of nitrogens with one attached hydrogen (secondary N) is 1. The molecule has 0 aromatic heterocycles. The smallest absolute Gasteiger partial charge is 0.242 e. The highest BCUT2D eigenvalue weighted by atomic mass is 35.5. The molecule has 110 valence electrons. The first-order valence-electron chi connectivity index (χ1n) is 6.57. The van der Waals surface area contributed by atoms with E-state index in [1.54, 1.807) is 6.92 Å². The van der Waals surface area contributed by atoms with Gasteiger partial charge in [0, 0.05) is 16.6 Å². The quantitative estimate of drug-likeness (QED) is 0.836. The monoisotopic (exact) mass is 318 g/mol. The first-order chi connectivity index (χ1) is 9.34. The van der Waals surface area contributed by atoms with Gasteiger partial charge in [-0.2, -0.15) is 0 Å². The number of amides is 1. The van der Waals surface area contributed by atoms with Crippen LogP contribution < -0.4 is 11.1 Å². The third kappa shape index (κ3) is 2.92. The molecular weight excluding hydrogens is 302 g/mol. The largest absolute Gasteiger partial charge is 0.368 e. The maximum Gasteiger partial charge on any atom is 0.242 e. The van der Waals surface area contributed by atoms with Crippen LogP contribution >= 0.6 is 23.2 Å². The van der Waals surface area contributed by atoms with Crippen molar-refractivity contribution >= 4 is 29.1 Å². The van der Waals surface area contributed by atoms with Gasteiger partial charge in [-0.25, -0.2) is 4.39 Å². The van der Waals surface area contributed by atoms with E-state index in [4.69, 9.17) is 28.9 Å². The van der Waals surface area contributed by atoms with Gasteiger partial charge in [0.1, 0.15) is 11.4 Å². The van der Waals surface area contributed by atoms with E-state index in [0.29, 0.717) is 5.56 Å². The molecule has 1 unspecified atom stereocenters. The molecular formula is C14H17Cl2FN2O. The zero-order valence-corrected chi connectivity index (χ0v) is 12.7. The van der Waals surface area contributed by atoms with Gasteiger partial charge < -0.3 is 5.73 Å². The lowest BCUT2D eigenvalue weighted by atomic mass is 9.89. The van der Waals surface area contributed by atoms with Crippen molar-refractivity contribution in [2.24, 2.45) is 5.73 Å². The summed E-state index contributed by atoms with van der Waals surface area (Å²) in [6, 6.07) is 2.66. The third-order valence-corrected chi connectivity index (χ3v) is 4.49. The number of rotatable bonds is 4. The minimum Gasteiger partial charge on any atom is -0.368 e. The van der Waals surface area contributed by atoms with Gasteiger partial charge in [-0.15, -0.1) is 0 Å². The highest BCUT2D eigenvalue weighted by Gasteiger charge is 2.38. The fraction of sp³-hybridized carbons (Fsp3) is 0.500. The van der Waals surface area contributed by atoms with Crippen LogP contribution in [0.1, 0.15) is 38.2 Å². The summed E-state index contributed by atoms with van der Waals surface area (Å²) in [6.07, 6.45) is 4.15. The van der Waals surface area contributed by atoms with Crippen LogP contribution in [0.25, 0.3) is 0 Å². The summed E-state index contributed by atoms with van der Waals surface area (Å²) in [6.45, 7) is 1.63. The highest BCUT2D eigenvalue weighted by Crippen LogP contribution is 2.34. The molecule has 20 heavy (non-hydrogen) atoms. The zero-order valence-electron chi connectivity index (χ0n) is 11.2. The minimum absolute atomic E-state index is 0.0774. The number of carbonyl (C=O) groups is 1. The molecule has 1 fully saturated rings. The Kier molecular flexibility index (Phi) is 4.57. The fourth-order valence-corrected chi connectivity index (χ4v) is 3.24. The number of primary amides is 1. The molecule has 0 bridgehead atoms. The van der Waals surface area contributed by atoms with Gasteiger partial charge in [-0.1, -0.05) is 36.0 Å². The molecule has 0 saturated heterocycles. The average molecular weight is 319 g/mol. The van der Waals surface area contributed by atoms with Crippen LogP contribution in [-0.4, -0.2) is 11.9 Å². The van der Waals surface area contributed by atoms with Gasteiger partial charge in [0.15, 0.2) is 0 Å². The minimum atomic E-state index is -1.21. The Hall–Kier alpha value is -0.840. The average Bonchev–Trinajstić information content (AvgIpc) is 2.86. The van der Waals surface area contributed by atoms with E-state index < -0.39 is 17.3 Å². The molecule has 1 aliphatic carbocycles. The number of nitrogens with two attached hydrogens (primary N) is 1. The molecule has 2 rings (SSSR count). The molecule has 0 heterocycles. The van der Waals surface area contributed by atoms with Crippen LogP contribution in [0.3, 0.4) is 0 Å². The summed E-state index contributed by atoms with van der Waals surface area (Å²) < 4.78 is 13.7. The maximum absolute atomic E-state index is 13.7. The fourth-order valence-electron chi connectivity index (χ4n) is 2.67. The van der Waals surface area contributed by atoms with E-state index >= 15 is 0 Å². The number of carbonyl (C=O) groups excluding carboxylic acids is 1. The SMILES string of the molecule is CC(NC1CCCC1)(C(N)=O)c1cc(F)c(Cl)cc1Cl. The van der Waals surface area contributed by atoms with Crippen LogP contribution in [-0.2, 0) is 10.3 Å². The molecule has 1 amide bonds. The second kappa shape index (κ2) is 5.88. The molecule has 1 aliphatic rings. The summed E-state index contributed by atoms with van der Waals surface area (Å²) in [7, 11) is 0. The van der Waals surface area contributed by atoms with Gasteiger partial charge in [0.05, 0.1) is 5.02 Å². The van der Waals surface area contributed by atoms with E-state index in [0.717, 1.165) is 25.7 Å². The summed E-state index contributed by atoms with van der Waals surface area (Å²) in [5, 5.41) is 3.37. The van der Waals surface area contributed by atoms with Crippen LogP contribution in [0.5, 0.6) is 0 Å². The lowest BCUT2D eigenvalue weighted by Gasteiger charge is -2.32. The first-order valence-corrected chi connectivity index (χ1v) is 7.33. The van der Waals surface area contributed by atoms with Crippen molar-refractivity contribution in [2.75, 3.05) is 0 Å².